The van der Waals surface area contributed by atoms with Crippen molar-refractivity contribution in [2.75, 3.05) is 16.8 Å². The number of thiazole rings is 1. The fourth-order valence-corrected chi connectivity index (χ4v) is 6.61. The number of amides is 2. The zero-order chi connectivity index (χ0) is 33.1. The van der Waals surface area contributed by atoms with Crippen LogP contribution in [0.3, 0.4) is 0 Å². The molecule has 11 nitrogen and oxygen atoms in total. The molecule has 1 atom stereocenters. The summed E-state index contributed by atoms with van der Waals surface area (Å²) < 4.78 is 0. The third kappa shape index (κ3) is 10.2. The zero-order valence-electron chi connectivity index (χ0n) is 25.9. The topological polar surface area (TPSA) is 189 Å². The molecule has 7 N–H and O–H groups in total. The molecule has 2 amide bonds. The number of nitrogens with zero attached hydrogens (tertiary/aromatic N) is 2. The Bertz CT molecular complexity index is 1420. The molecule has 2 heterocycles. The number of carbonyl (C=O) groups is 4. The van der Waals surface area contributed by atoms with Crippen LogP contribution in [0.15, 0.2) is 41.2 Å². The summed E-state index contributed by atoms with van der Waals surface area (Å²) in [7, 11) is 0. The number of anilines is 2. The molecule has 3 aromatic rings. The van der Waals surface area contributed by atoms with E-state index in [0.29, 0.717) is 36.0 Å². The van der Waals surface area contributed by atoms with Crippen LogP contribution < -0.4 is 21.7 Å². The number of carboxylic acid groups (broad SMARTS) is 2. The van der Waals surface area contributed by atoms with Crippen molar-refractivity contribution in [2.24, 2.45) is 23.3 Å². The Kier molecular flexibility index (Phi) is 13.7. The lowest BCUT2D eigenvalue weighted by Crippen LogP contribution is -2.42. The van der Waals surface area contributed by atoms with E-state index in [1.165, 1.54) is 11.3 Å². The van der Waals surface area contributed by atoms with Crippen molar-refractivity contribution < 1.29 is 29.4 Å². The number of rotatable bonds is 12. The van der Waals surface area contributed by atoms with Crippen LogP contribution in [0, 0.1) is 11.8 Å². The third-order valence-electron chi connectivity index (χ3n) is 7.66. The largest absolute Gasteiger partial charge is 0.480 e. The van der Waals surface area contributed by atoms with Gasteiger partial charge in [0, 0.05) is 27.9 Å². The smallest absolute Gasteiger partial charge is 0.348 e. The molecule has 1 aliphatic carbocycles. The Hall–Kier alpha value is -3.65. The maximum Gasteiger partial charge on any atom is 0.348 e. The van der Waals surface area contributed by atoms with E-state index in [1.807, 2.05) is 26.0 Å². The van der Waals surface area contributed by atoms with Crippen LogP contribution in [0.2, 0.25) is 0 Å². The number of thiophene rings is 1. The minimum atomic E-state index is -1.04. The summed E-state index contributed by atoms with van der Waals surface area (Å²) >= 11 is 2.51. The molecule has 0 spiro atoms. The van der Waals surface area contributed by atoms with Gasteiger partial charge in [-0.1, -0.05) is 25.5 Å². The Labute approximate surface area is 271 Å². The number of carbonyl (C=O) groups excluding carboxylic acids is 2. The molecule has 1 saturated carbocycles. The standard InChI is InChI=1S/C26H29N3O4S2.C6H14N2O2/c1-15(2)29(25(31)18-6-4-16(3)5-7-18)21-12-22(35-23(21)26(32)33)17-8-10-19(11-9-17)28-24(30)20-13-34-14-27-20;7-4-2-1-3-5(8)6(9)10/h8-16,18H,4-7H2,1-3H3,(H,28,30)(H,32,33);5H,1-4,7-8H2,(H,9,10). The monoisotopic (exact) mass is 657 g/mol. The summed E-state index contributed by atoms with van der Waals surface area (Å²) in [5.74, 6) is -1.69. The highest BCUT2D eigenvalue weighted by Gasteiger charge is 2.33. The van der Waals surface area contributed by atoms with Gasteiger partial charge in [0.1, 0.15) is 16.6 Å². The van der Waals surface area contributed by atoms with Crippen LogP contribution in [0.25, 0.3) is 10.4 Å². The molecule has 0 saturated heterocycles. The summed E-state index contributed by atoms with van der Waals surface area (Å²) in [6.45, 7) is 6.66. The lowest BCUT2D eigenvalue weighted by atomic mass is 9.82. The van der Waals surface area contributed by atoms with Gasteiger partial charge in [0.25, 0.3) is 5.91 Å². The van der Waals surface area contributed by atoms with Gasteiger partial charge in [0.15, 0.2) is 0 Å². The number of aliphatic carboxylic acids is 1. The average Bonchev–Trinajstić information content (AvgIpc) is 3.70. The van der Waals surface area contributed by atoms with Crippen molar-refractivity contribution in [3.63, 3.8) is 0 Å². The fraction of sp³-hybridized carbons (Fsp3) is 0.469. The number of aromatic carboxylic acids is 1. The fourth-order valence-electron chi connectivity index (χ4n) is 5.08. The Balaban J connectivity index is 0.000000477. The van der Waals surface area contributed by atoms with Crippen LogP contribution >= 0.6 is 22.7 Å². The van der Waals surface area contributed by atoms with Crippen molar-refractivity contribution in [3.8, 4) is 10.4 Å². The van der Waals surface area contributed by atoms with Gasteiger partial charge in [0.2, 0.25) is 5.91 Å². The summed E-state index contributed by atoms with van der Waals surface area (Å²) in [6, 6.07) is 8.14. The second-order valence-corrected chi connectivity index (χ2v) is 13.3. The van der Waals surface area contributed by atoms with E-state index in [0.717, 1.165) is 60.3 Å². The second kappa shape index (κ2) is 17.2. The van der Waals surface area contributed by atoms with Gasteiger partial charge in [-0.05, 0) is 88.6 Å². The van der Waals surface area contributed by atoms with E-state index in [-0.39, 0.29) is 28.7 Å². The van der Waals surface area contributed by atoms with Crippen molar-refractivity contribution in [3.05, 3.63) is 51.8 Å². The molecule has 13 heteroatoms. The summed E-state index contributed by atoms with van der Waals surface area (Å²) in [6.07, 6.45) is 5.90. The summed E-state index contributed by atoms with van der Waals surface area (Å²) in [4.78, 5) is 54.6. The van der Waals surface area contributed by atoms with Gasteiger partial charge in [-0.25, -0.2) is 9.78 Å². The Morgan fingerprint density at radius 2 is 1.73 bits per heavy atom. The third-order valence-corrected chi connectivity index (χ3v) is 9.41. The second-order valence-electron chi connectivity index (χ2n) is 11.5. The zero-order valence-corrected chi connectivity index (χ0v) is 27.5. The molecule has 0 aliphatic heterocycles. The number of carboxylic acids is 2. The number of nitrogens with one attached hydrogen (secondary N) is 1. The van der Waals surface area contributed by atoms with Crippen LogP contribution in [0.1, 0.15) is 85.9 Å². The minimum absolute atomic E-state index is 0.0128. The van der Waals surface area contributed by atoms with E-state index in [2.05, 4.69) is 17.2 Å². The predicted octanol–water partition coefficient (Wildman–Crippen LogP) is 5.92. The van der Waals surface area contributed by atoms with Crippen molar-refractivity contribution >= 4 is 57.8 Å². The van der Waals surface area contributed by atoms with Crippen molar-refractivity contribution in [1.29, 1.82) is 0 Å². The van der Waals surface area contributed by atoms with E-state index in [4.69, 9.17) is 16.6 Å². The molecular weight excluding hydrogens is 615 g/mol. The molecular formula is C32H43N5O6S2. The van der Waals surface area contributed by atoms with E-state index in [9.17, 15) is 24.3 Å². The quantitative estimate of drug-likeness (QED) is 0.147. The molecule has 1 unspecified atom stereocenters. The molecule has 45 heavy (non-hydrogen) atoms. The number of unbranched alkanes of at least 4 members (excludes halogenated alkanes) is 1. The summed E-state index contributed by atoms with van der Waals surface area (Å²) in [5, 5.41) is 22.7. The molecule has 1 fully saturated rings. The first-order chi connectivity index (χ1) is 21.4. The SMILES string of the molecule is CC1CCC(C(=O)N(c2cc(-c3ccc(NC(=O)c4cscn4)cc3)sc2C(=O)O)C(C)C)CC1.NCCCCC(N)C(=O)O. The van der Waals surface area contributed by atoms with E-state index in [1.54, 1.807) is 34.0 Å². The maximum atomic E-state index is 13.5. The first-order valence-corrected chi connectivity index (χ1v) is 16.9. The number of aromatic nitrogens is 1. The Morgan fingerprint density at radius 3 is 2.27 bits per heavy atom. The lowest BCUT2D eigenvalue weighted by Gasteiger charge is -2.33. The van der Waals surface area contributed by atoms with Crippen molar-refractivity contribution in [2.45, 2.75) is 77.8 Å². The van der Waals surface area contributed by atoms with Crippen molar-refractivity contribution in [1.82, 2.24) is 4.98 Å². The summed E-state index contributed by atoms with van der Waals surface area (Å²) in [5.41, 5.74) is 14.3. The van der Waals surface area contributed by atoms with Crippen LogP contribution in [-0.2, 0) is 9.59 Å². The molecule has 4 rings (SSSR count). The van der Waals surface area contributed by atoms with Gasteiger partial charge in [-0.3, -0.25) is 14.4 Å². The highest BCUT2D eigenvalue weighted by Crippen LogP contribution is 2.40. The van der Waals surface area contributed by atoms with Gasteiger partial charge in [-0.15, -0.1) is 22.7 Å². The number of benzene rings is 1. The number of nitrogens with two attached hydrogens (primary N) is 2. The maximum absolute atomic E-state index is 13.5. The predicted molar refractivity (Wildman–Crippen MR) is 179 cm³/mol. The number of hydrogen-bond acceptors (Lipinski definition) is 9. The van der Waals surface area contributed by atoms with Gasteiger partial charge in [-0.2, -0.15) is 0 Å². The Morgan fingerprint density at radius 1 is 1.07 bits per heavy atom. The highest BCUT2D eigenvalue weighted by molar-refractivity contribution is 7.18. The first-order valence-electron chi connectivity index (χ1n) is 15.1. The molecule has 2 aromatic heterocycles. The van der Waals surface area contributed by atoms with Crippen LogP contribution in [0.5, 0.6) is 0 Å². The van der Waals surface area contributed by atoms with Gasteiger partial charge >= 0.3 is 11.9 Å². The number of hydrogen-bond donors (Lipinski definition) is 5. The van der Waals surface area contributed by atoms with Gasteiger partial charge in [0.05, 0.1) is 11.2 Å². The van der Waals surface area contributed by atoms with E-state index >= 15 is 0 Å². The normalized spacial score (nSPS) is 16.8. The minimum Gasteiger partial charge on any atom is -0.480 e. The van der Waals surface area contributed by atoms with Crippen LogP contribution in [-0.4, -0.2) is 57.6 Å². The average molecular weight is 658 g/mol. The van der Waals surface area contributed by atoms with Crippen LogP contribution in [0.4, 0.5) is 11.4 Å². The van der Waals surface area contributed by atoms with Gasteiger partial charge < -0.3 is 31.9 Å². The lowest BCUT2D eigenvalue weighted by molar-refractivity contribution is -0.138. The highest BCUT2D eigenvalue weighted by atomic mass is 32.1. The van der Waals surface area contributed by atoms with E-state index < -0.39 is 18.0 Å². The molecule has 0 radical (unpaired) electrons. The molecule has 1 aliphatic rings. The molecule has 0 bridgehead atoms. The molecule has 1 aromatic carbocycles. The molecule has 244 valence electrons. The first kappa shape index (κ1) is 35.8.